The first kappa shape index (κ1) is 17.8. The van der Waals surface area contributed by atoms with Gasteiger partial charge >= 0.3 is 0 Å². The third kappa shape index (κ3) is 2.87. The molecule has 3 saturated carbocycles. The largest absolute Gasteiger partial charge is 0.364 e. The molecule has 8 nitrogen and oxygen atoms in total. The lowest BCUT2D eigenvalue weighted by Gasteiger charge is -2.68. The van der Waals surface area contributed by atoms with Crippen LogP contribution < -0.4 is 11.1 Å². The van der Waals surface area contributed by atoms with Gasteiger partial charge in [-0.3, -0.25) is 14.6 Å². The normalized spacial score (nSPS) is 24.3. The van der Waals surface area contributed by atoms with Gasteiger partial charge < -0.3 is 15.6 Å². The van der Waals surface area contributed by atoms with Crippen molar-refractivity contribution in [2.45, 2.75) is 30.2 Å². The number of hydrogen-bond donors (Lipinski definition) is 2. The number of carbonyl (C=O) groups is 2. The summed E-state index contributed by atoms with van der Waals surface area (Å²) in [4.78, 5) is 32.2. The SMILES string of the molecule is NC(=O)c1cc(C(=O)NC23CC(c4nc(-c5ccc(Cl)cc5)no4)(C2)C3)ccn1. The van der Waals surface area contributed by atoms with Crippen molar-refractivity contribution in [1.82, 2.24) is 20.4 Å². The van der Waals surface area contributed by atoms with Gasteiger partial charge in [0.2, 0.25) is 11.7 Å². The smallest absolute Gasteiger partial charge is 0.267 e. The van der Waals surface area contributed by atoms with E-state index >= 15 is 0 Å². The van der Waals surface area contributed by atoms with Crippen LogP contribution in [-0.4, -0.2) is 32.5 Å². The van der Waals surface area contributed by atoms with Gasteiger partial charge in [0, 0.05) is 27.9 Å². The highest BCUT2D eigenvalue weighted by atomic mass is 35.5. The highest BCUT2D eigenvalue weighted by Gasteiger charge is 2.72. The molecule has 3 aliphatic rings. The number of pyridine rings is 1. The minimum absolute atomic E-state index is 0.0623. The van der Waals surface area contributed by atoms with Gasteiger partial charge in [0.05, 0.1) is 5.41 Å². The Kier molecular flexibility index (Phi) is 3.76. The van der Waals surface area contributed by atoms with Gasteiger partial charge in [0.1, 0.15) is 5.69 Å². The first-order valence-corrected chi connectivity index (χ1v) is 9.45. The van der Waals surface area contributed by atoms with E-state index in [2.05, 4.69) is 20.4 Å². The van der Waals surface area contributed by atoms with E-state index in [0.717, 1.165) is 24.8 Å². The van der Waals surface area contributed by atoms with E-state index < -0.39 is 5.91 Å². The molecule has 0 saturated heterocycles. The topological polar surface area (TPSA) is 124 Å². The quantitative estimate of drug-likeness (QED) is 0.667. The van der Waals surface area contributed by atoms with Gasteiger partial charge in [-0.05, 0) is 55.7 Å². The second kappa shape index (κ2) is 6.12. The number of benzene rings is 1. The van der Waals surface area contributed by atoms with Crippen LogP contribution in [0.2, 0.25) is 5.02 Å². The molecule has 6 rings (SSSR count). The Morgan fingerprint density at radius 3 is 2.55 bits per heavy atom. The molecule has 2 amide bonds. The maximum atomic E-state index is 12.6. The molecular weight excluding hydrogens is 394 g/mol. The van der Waals surface area contributed by atoms with Crippen molar-refractivity contribution in [3.05, 3.63) is 64.8 Å². The summed E-state index contributed by atoms with van der Waals surface area (Å²) in [6, 6.07) is 10.2. The molecule has 3 N–H and O–H groups in total. The molecule has 0 radical (unpaired) electrons. The number of carbonyl (C=O) groups excluding carboxylic acids is 2. The Labute approximate surface area is 170 Å². The number of nitrogens with zero attached hydrogens (tertiary/aromatic N) is 3. The molecule has 2 heterocycles. The Balaban J connectivity index is 1.26. The molecule has 3 fully saturated rings. The Hall–Kier alpha value is -3.26. The number of hydrogen-bond acceptors (Lipinski definition) is 6. The first-order valence-electron chi connectivity index (χ1n) is 9.07. The van der Waals surface area contributed by atoms with Crippen molar-refractivity contribution in [2.24, 2.45) is 5.73 Å². The first-order chi connectivity index (χ1) is 13.9. The predicted molar refractivity (Wildman–Crippen MR) is 103 cm³/mol. The number of nitrogens with two attached hydrogens (primary N) is 1. The van der Waals surface area contributed by atoms with Crippen molar-refractivity contribution in [3.63, 3.8) is 0 Å². The second-order valence-corrected chi connectivity index (χ2v) is 8.21. The van der Waals surface area contributed by atoms with E-state index in [4.69, 9.17) is 21.9 Å². The van der Waals surface area contributed by atoms with Crippen LogP contribution in [-0.2, 0) is 5.41 Å². The second-order valence-electron chi connectivity index (χ2n) is 7.77. The third-order valence-corrected chi connectivity index (χ3v) is 5.92. The summed E-state index contributed by atoms with van der Waals surface area (Å²) < 4.78 is 5.50. The molecule has 3 aliphatic carbocycles. The summed E-state index contributed by atoms with van der Waals surface area (Å²) >= 11 is 5.91. The number of nitrogens with one attached hydrogen (secondary N) is 1. The van der Waals surface area contributed by atoms with E-state index in [9.17, 15) is 9.59 Å². The average Bonchev–Trinajstić information content (AvgIpc) is 3.13. The van der Waals surface area contributed by atoms with Crippen LogP contribution in [0.15, 0.2) is 47.1 Å². The maximum absolute atomic E-state index is 12.6. The van der Waals surface area contributed by atoms with Crippen LogP contribution in [0.4, 0.5) is 0 Å². The molecule has 2 aromatic heterocycles. The lowest BCUT2D eigenvalue weighted by molar-refractivity contribution is -0.0985. The molecule has 3 aromatic rings. The number of halogens is 1. The van der Waals surface area contributed by atoms with Gasteiger partial charge in [-0.25, -0.2) is 0 Å². The van der Waals surface area contributed by atoms with Crippen LogP contribution in [0.3, 0.4) is 0 Å². The van der Waals surface area contributed by atoms with Crippen LogP contribution >= 0.6 is 11.6 Å². The summed E-state index contributed by atoms with van der Waals surface area (Å²) in [7, 11) is 0. The zero-order chi connectivity index (χ0) is 20.2. The summed E-state index contributed by atoms with van der Waals surface area (Å²) in [6.45, 7) is 0. The lowest BCUT2D eigenvalue weighted by Crippen LogP contribution is -2.76. The maximum Gasteiger partial charge on any atom is 0.267 e. The molecule has 0 spiro atoms. The fourth-order valence-electron chi connectivity index (χ4n) is 4.32. The molecule has 1 aromatic carbocycles. The number of aromatic nitrogens is 3. The molecule has 2 bridgehead atoms. The highest BCUT2D eigenvalue weighted by Crippen LogP contribution is 2.67. The van der Waals surface area contributed by atoms with E-state index in [1.807, 2.05) is 12.1 Å². The fraction of sp³-hybridized carbons (Fsp3) is 0.250. The predicted octanol–water partition coefficient (Wildman–Crippen LogP) is 2.49. The fourth-order valence-corrected chi connectivity index (χ4v) is 4.45. The van der Waals surface area contributed by atoms with Crippen molar-refractivity contribution >= 4 is 23.4 Å². The van der Waals surface area contributed by atoms with Crippen LogP contribution in [0, 0.1) is 0 Å². The molecule has 29 heavy (non-hydrogen) atoms. The highest BCUT2D eigenvalue weighted by molar-refractivity contribution is 6.30. The Morgan fingerprint density at radius 2 is 1.86 bits per heavy atom. The van der Waals surface area contributed by atoms with Crippen molar-refractivity contribution in [2.75, 3.05) is 0 Å². The molecule has 0 unspecified atom stereocenters. The van der Waals surface area contributed by atoms with Crippen LogP contribution in [0.5, 0.6) is 0 Å². The van der Waals surface area contributed by atoms with Crippen molar-refractivity contribution in [3.8, 4) is 11.4 Å². The number of rotatable bonds is 5. The molecule has 0 aliphatic heterocycles. The van der Waals surface area contributed by atoms with E-state index in [-0.39, 0.29) is 22.6 Å². The van der Waals surface area contributed by atoms with Gasteiger partial charge in [-0.2, -0.15) is 4.98 Å². The van der Waals surface area contributed by atoms with E-state index in [1.54, 1.807) is 18.2 Å². The third-order valence-electron chi connectivity index (χ3n) is 5.67. The summed E-state index contributed by atoms with van der Waals surface area (Å²) in [5, 5.41) is 7.78. The average molecular weight is 410 g/mol. The lowest BCUT2D eigenvalue weighted by atomic mass is 9.39. The zero-order valence-electron chi connectivity index (χ0n) is 15.2. The molecule has 9 heteroatoms. The molecule has 146 valence electrons. The van der Waals surface area contributed by atoms with Crippen LogP contribution in [0.1, 0.15) is 46.0 Å². The molecule has 0 atom stereocenters. The zero-order valence-corrected chi connectivity index (χ0v) is 15.9. The van der Waals surface area contributed by atoms with Crippen LogP contribution in [0.25, 0.3) is 11.4 Å². The van der Waals surface area contributed by atoms with Gasteiger partial charge in [-0.15, -0.1) is 0 Å². The summed E-state index contributed by atoms with van der Waals surface area (Å²) in [6.07, 6.45) is 3.61. The summed E-state index contributed by atoms with van der Waals surface area (Å²) in [5.74, 6) is 0.196. The number of primary amides is 1. The van der Waals surface area contributed by atoms with Crippen molar-refractivity contribution in [1.29, 1.82) is 0 Å². The Bertz CT molecular complexity index is 1120. The van der Waals surface area contributed by atoms with Gasteiger partial charge in [0.15, 0.2) is 0 Å². The Morgan fingerprint density at radius 1 is 1.14 bits per heavy atom. The minimum atomic E-state index is -0.669. The number of amides is 2. The minimum Gasteiger partial charge on any atom is -0.364 e. The van der Waals surface area contributed by atoms with Gasteiger partial charge in [-0.1, -0.05) is 16.8 Å². The molecular formula is C20H16ClN5O3. The standard InChI is InChI=1S/C20H16ClN5O3/c21-13-3-1-11(2-4-13)16-24-18(29-26-16)19-8-20(9-19,10-19)25-17(28)12-5-6-23-14(7-12)15(22)27/h1-7H,8-10H2,(H2,22,27)(H,25,28). The van der Waals surface area contributed by atoms with Crippen molar-refractivity contribution < 1.29 is 14.1 Å². The van der Waals surface area contributed by atoms with Gasteiger partial charge in [0.25, 0.3) is 11.8 Å². The summed E-state index contributed by atoms with van der Waals surface area (Å²) in [5.41, 5.74) is 6.03. The van der Waals surface area contributed by atoms with E-state index in [1.165, 1.54) is 12.3 Å². The monoisotopic (exact) mass is 409 g/mol. The van der Waals surface area contributed by atoms with E-state index in [0.29, 0.717) is 22.3 Å².